The second-order valence-corrected chi connectivity index (χ2v) is 6.53. The van der Waals surface area contributed by atoms with Crippen LogP contribution in [0.25, 0.3) is 0 Å². The van der Waals surface area contributed by atoms with Crippen LogP contribution in [-0.4, -0.2) is 32.6 Å². The quantitative estimate of drug-likeness (QED) is 0.872. The highest BCUT2D eigenvalue weighted by molar-refractivity contribution is 6.05. The van der Waals surface area contributed by atoms with Gasteiger partial charge in [0.25, 0.3) is 5.91 Å². The van der Waals surface area contributed by atoms with Crippen molar-refractivity contribution in [2.24, 2.45) is 0 Å². The normalized spacial score (nSPS) is 14.0. The summed E-state index contributed by atoms with van der Waals surface area (Å²) in [5.41, 5.74) is 2.89. The van der Waals surface area contributed by atoms with Crippen LogP contribution in [0, 0.1) is 6.92 Å². The molecule has 1 heterocycles. The molecule has 27 heavy (non-hydrogen) atoms. The van der Waals surface area contributed by atoms with Gasteiger partial charge in [0.2, 0.25) is 5.91 Å². The molecule has 0 aromatic heterocycles. The fraction of sp³-hybridized carbons (Fsp3) is 0.333. The van der Waals surface area contributed by atoms with Gasteiger partial charge in [-0.1, -0.05) is 0 Å². The van der Waals surface area contributed by atoms with Crippen LogP contribution in [0.2, 0.25) is 0 Å². The Hall–Kier alpha value is -3.02. The van der Waals surface area contributed by atoms with Crippen molar-refractivity contribution in [1.29, 1.82) is 0 Å². The Morgan fingerprint density at radius 3 is 2.33 bits per heavy atom. The molecule has 1 aliphatic heterocycles. The summed E-state index contributed by atoms with van der Waals surface area (Å²) in [4.78, 5) is 26.4. The Morgan fingerprint density at radius 2 is 1.70 bits per heavy atom. The van der Waals surface area contributed by atoms with Gasteiger partial charge in [0, 0.05) is 36.0 Å². The van der Waals surface area contributed by atoms with E-state index in [1.807, 2.05) is 25.1 Å². The van der Waals surface area contributed by atoms with Gasteiger partial charge in [-0.2, -0.15) is 0 Å². The Kier molecular flexibility index (Phi) is 5.64. The van der Waals surface area contributed by atoms with Gasteiger partial charge >= 0.3 is 0 Å². The summed E-state index contributed by atoms with van der Waals surface area (Å²) in [6.45, 7) is 2.62. The standard InChI is InChI=1S/C21H24N2O4/c1-14-12-18(26-2)19(27-3)13-17(14)22-21(25)15-7-9-16(10-8-15)23-11-5-4-6-20(23)24/h7-10,12-13H,4-6,11H2,1-3H3,(H,22,25). The number of nitrogens with zero attached hydrogens (tertiary/aromatic N) is 1. The van der Waals surface area contributed by atoms with Crippen LogP contribution in [0.4, 0.5) is 11.4 Å². The van der Waals surface area contributed by atoms with Gasteiger partial charge in [0.05, 0.1) is 14.2 Å². The fourth-order valence-electron chi connectivity index (χ4n) is 3.18. The number of carbonyl (C=O) groups is 2. The third-order valence-electron chi connectivity index (χ3n) is 4.74. The number of anilines is 2. The number of hydrogen-bond acceptors (Lipinski definition) is 4. The number of aryl methyl sites for hydroxylation is 1. The van der Waals surface area contributed by atoms with Crippen LogP contribution in [0.15, 0.2) is 36.4 Å². The predicted molar refractivity (Wildman–Crippen MR) is 105 cm³/mol. The lowest BCUT2D eigenvalue weighted by atomic mass is 10.1. The average Bonchev–Trinajstić information content (AvgIpc) is 2.69. The van der Waals surface area contributed by atoms with Gasteiger partial charge in [-0.15, -0.1) is 0 Å². The van der Waals surface area contributed by atoms with Gasteiger partial charge in [0.15, 0.2) is 11.5 Å². The third kappa shape index (κ3) is 4.05. The second kappa shape index (κ2) is 8.12. The summed E-state index contributed by atoms with van der Waals surface area (Å²) in [6.07, 6.45) is 2.54. The van der Waals surface area contributed by atoms with E-state index in [-0.39, 0.29) is 11.8 Å². The maximum absolute atomic E-state index is 12.6. The molecule has 0 spiro atoms. The topological polar surface area (TPSA) is 67.9 Å². The second-order valence-electron chi connectivity index (χ2n) is 6.53. The summed E-state index contributed by atoms with van der Waals surface area (Å²) < 4.78 is 10.6. The lowest BCUT2D eigenvalue weighted by Gasteiger charge is -2.26. The van der Waals surface area contributed by atoms with Crippen LogP contribution in [0.1, 0.15) is 35.2 Å². The number of carbonyl (C=O) groups excluding carboxylic acids is 2. The molecule has 1 N–H and O–H groups in total. The molecule has 0 saturated carbocycles. The number of piperidine rings is 1. The molecule has 0 atom stereocenters. The molecule has 2 aromatic rings. The minimum Gasteiger partial charge on any atom is -0.493 e. The molecule has 0 radical (unpaired) electrons. The smallest absolute Gasteiger partial charge is 0.255 e. The summed E-state index contributed by atoms with van der Waals surface area (Å²) in [5.74, 6) is 1.09. The monoisotopic (exact) mass is 368 g/mol. The molecule has 0 bridgehead atoms. The highest BCUT2D eigenvalue weighted by Crippen LogP contribution is 2.33. The van der Waals surface area contributed by atoms with E-state index in [1.54, 1.807) is 37.3 Å². The SMILES string of the molecule is COc1cc(C)c(NC(=O)c2ccc(N3CCCCC3=O)cc2)cc1OC. The fourth-order valence-corrected chi connectivity index (χ4v) is 3.18. The summed E-state index contributed by atoms with van der Waals surface area (Å²) in [5, 5.41) is 2.91. The van der Waals surface area contributed by atoms with Gasteiger partial charge in [-0.3, -0.25) is 9.59 Å². The third-order valence-corrected chi connectivity index (χ3v) is 4.74. The molecule has 1 saturated heterocycles. The molecule has 6 nitrogen and oxygen atoms in total. The minimum atomic E-state index is -0.221. The van der Waals surface area contributed by atoms with E-state index in [4.69, 9.17) is 9.47 Å². The van der Waals surface area contributed by atoms with Gasteiger partial charge < -0.3 is 19.7 Å². The predicted octanol–water partition coefficient (Wildman–Crippen LogP) is 3.78. The first-order valence-corrected chi connectivity index (χ1v) is 8.98. The highest BCUT2D eigenvalue weighted by atomic mass is 16.5. The molecule has 3 rings (SSSR count). The van der Waals surface area contributed by atoms with Crippen LogP contribution in [0.5, 0.6) is 11.5 Å². The van der Waals surface area contributed by atoms with Crippen molar-refractivity contribution >= 4 is 23.2 Å². The number of amides is 2. The Balaban J connectivity index is 1.76. The first kappa shape index (κ1) is 18.8. The first-order chi connectivity index (χ1) is 13.0. The molecule has 1 aliphatic rings. The first-order valence-electron chi connectivity index (χ1n) is 8.98. The van der Waals surface area contributed by atoms with E-state index >= 15 is 0 Å². The van der Waals surface area contributed by atoms with E-state index < -0.39 is 0 Å². The van der Waals surface area contributed by atoms with Crippen molar-refractivity contribution < 1.29 is 19.1 Å². The molecular weight excluding hydrogens is 344 g/mol. The van der Waals surface area contributed by atoms with E-state index in [0.29, 0.717) is 29.2 Å². The minimum absolute atomic E-state index is 0.138. The molecule has 6 heteroatoms. The van der Waals surface area contributed by atoms with Crippen LogP contribution in [0.3, 0.4) is 0 Å². The van der Waals surface area contributed by atoms with E-state index in [9.17, 15) is 9.59 Å². The molecule has 0 aliphatic carbocycles. The summed E-state index contributed by atoms with van der Waals surface area (Å²) in [6, 6.07) is 10.7. The Morgan fingerprint density at radius 1 is 1.04 bits per heavy atom. The number of ether oxygens (including phenoxy) is 2. The number of methoxy groups -OCH3 is 2. The maximum atomic E-state index is 12.6. The molecular formula is C21H24N2O4. The number of benzene rings is 2. The van der Waals surface area contributed by atoms with Gasteiger partial charge in [0.1, 0.15) is 0 Å². The zero-order valence-electron chi connectivity index (χ0n) is 15.9. The summed E-state index contributed by atoms with van der Waals surface area (Å²) in [7, 11) is 3.13. The Bertz CT molecular complexity index is 846. The lowest BCUT2D eigenvalue weighted by Crippen LogP contribution is -2.35. The molecule has 1 fully saturated rings. The van der Waals surface area contributed by atoms with E-state index in [2.05, 4.69) is 5.32 Å². The van der Waals surface area contributed by atoms with Gasteiger partial charge in [-0.05, 0) is 55.7 Å². The van der Waals surface area contributed by atoms with Crippen LogP contribution < -0.4 is 19.7 Å². The number of rotatable bonds is 5. The largest absolute Gasteiger partial charge is 0.493 e. The lowest BCUT2D eigenvalue weighted by molar-refractivity contribution is -0.119. The van der Waals surface area contributed by atoms with Gasteiger partial charge in [-0.25, -0.2) is 0 Å². The highest BCUT2D eigenvalue weighted by Gasteiger charge is 2.20. The number of hydrogen-bond donors (Lipinski definition) is 1. The Labute approximate surface area is 159 Å². The van der Waals surface area contributed by atoms with Crippen molar-refractivity contribution in [2.75, 3.05) is 31.0 Å². The van der Waals surface area contributed by atoms with Crippen molar-refractivity contribution in [1.82, 2.24) is 0 Å². The van der Waals surface area contributed by atoms with Crippen molar-refractivity contribution in [2.45, 2.75) is 26.2 Å². The van der Waals surface area contributed by atoms with Crippen molar-refractivity contribution in [3.63, 3.8) is 0 Å². The van der Waals surface area contributed by atoms with E-state index in [0.717, 1.165) is 30.6 Å². The van der Waals surface area contributed by atoms with Crippen molar-refractivity contribution in [3.05, 3.63) is 47.5 Å². The summed E-state index contributed by atoms with van der Waals surface area (Å²) >= 11 is 0. The van der Waals surface area contributed by atoms with Crippen LogP contribution in [-0.2, 0) is 4.79 Å². The van der Waals surface area contributed by atoms with Crippen LogP contribution >= 0.6 is 0 Å². The molecule has 0 unspecified atom stereocenters. The molecule has 2 aromatic carbocycles. The molecule has 2 amide bonds. The molecule has 142 valence electrons. The van der Waals surface area contributed by atoms with Crippen molar-refractivity contribution in [3.8, 4) is 11.5 Å². The zero-order chi connectivity index (χ0) is 19.4. The number of nitrogens with one attached hydrogen (secondary N) is 1. The van der Waals surface area contributed by atoms with E-state index in [1.165, 1.54) is 0 Å². The zero-order valence-corrected chi connectivity index (χ0v) is 15.9. The maximum Gasteiger partial charge on any atom is 0.255 e. The average molecular weight is 368 g/mol.